The number of aromatic nitrogens is 3. The molecule has 4 aromatic rings. The Kier molecular flexibility index (Phi) is 6.94. The molecule has 5 rings (SSSR count). The van der Waals surface area contributed by atoms with Crippen molar-refractivity contribution in [2.45, 2.75) is 38.4 Å². The van der Waals surface area contributed by atoms with Crippen molar-refractivity contribution >= 4 is 28.4 Å². The van der Waals surface area contributed by atoms with Gasteiger partial charge in [0.2, 0.25) is 0 Å². The number of rotatable bonds is 8. The molecule has 8 heteroatoms. The van der Waals surface area contributed by atoms with Gasteiger partial charge in [-0.15, -0.1) is 0 Å². The minimum Gasteiger partial charge on any atom is -0.493 e. The lowest BCUT2D eigenvalue weighted by Gasteiger charge is -2.45. The molecular weight excluding hydrogens is 474 g/mol. The molecule has 1 aliphatic rings. The van der Waals surface area contributed by atoms with E-state index in [0.717, 1.165) is 40.4 Å². The third-order valence-corrected chi connectivity index (χ3v) is 7.19. The van der Waals surface area contributed by atoms with Crippen molar-refractivity contribution in [1.29, 1.82) is 0 Å². The Bertz CT molecular complexity index is 1380. The largest absolute Gasteiger partial charge is 0.493 e. The zero-order valence-corrected chi connectivity index (χ0v) is 21.5. The van der Waals surface area contributed by atoms with Gasteiger partial charge in [-0.2, -0.15) is 5.10 Å². The maximum atomic E-state index is 14.0. The minimum atomic E-state index is -0.0210. The monoisotopic (exact) mass is 503 g/mol. The zero-order chi connectivity index (χ0) is 25.2. The van der Waals surface area contributed by atoms with Gasteiger partial charge in [0.05, 0.1) is 18.3 Å². The Balaban J connectivity index is 1.49. The van der Waals surface area contributed by atoms with Crippen molar-refractivity contribution in [1.82, 2.24) is 25.0 Å². The standard InChI is InChI=1S/C28H30ClN5O2/c1-4-36-26-11-19(8-9-25(26)18-6-5-7-22(29)10-18)28(35)34(24-12-23(13-24)33(2)3)17-21-15-30-14-20-16-31-32-27(20)21/h5-11,14-16,23-24H,4,12-13,17H2,1-3H3,(H,31,32). The van der Waals surface area contributed by atoms with Crippen LogP contribution in [0.15, 0.2) is 61.1 Å². The van der Waals surface area contributed by atoms with E-state index >= 15 is 0 Å². The molecule has 0 radical (unpaired) electrons. The predicted molar refractivity (Wildman–Crippen MR) is 142 cm³/mol. The van der Waals surface area contributed by atoms with Crippen LogP contribution < -0.4 is 4.74 Å². The lowest BCUT2D eigenvalue weighted by molar-refractivity contribution is 0.0343. The van der Waals surface area contributed by atoms with E-state index in [1.807, 2.05) is 60.5 Å². The van der Waals surface area contributed by atoms with Gasteiger partial charge in [0.25, 0.3) is 5.91 Å². The third-order valence-electron chi connectivity index (χ3n) is 6.96. The summed E-state index contributed by atoms with van der Waals surface area (Å²) in [6, 6.07) is 13.9. The van der Waals surface area contributed by atoms with Crippen LogP contribution in [0.3, 0.4) is 0 Å². The van der Waals surface area contributed by atoms with E-state index in [1.165, 1.54) is 0 Å². The summed E-state index contributed by atoms with van der Waals surface area (Å²) in [5.41, 5.74) is 4.32. The normalized spacial score (nSPS) is 17.2. The molecule has 36 heavy (non-hydrogen) atoms. The van der Waals surface area contributed by atoms with Crippen molar-refractivity contribution in [3.05, 3.63) is 77.2 Å². The van der Waals surface area contributed by atoms with E-state index in [-0.39, 0.29) is 11.9 Å². The van der Waals surface area contributed by atoms with Gasteiger partial charge in [-0.05, 0) is 69.8 Å². The van der Waals surface area contributed by atoms with Gasteiger partial charge in [0.1, 0.15) is 5.75 Å². The molecule has 186 valence electrons. The Morgan fingerprint density at radius 1 is 1.11 bits per heavy atom. The highest BCUT2D eigenvalue weighted by atomic mass is 35.5. The minimum absolute atomic E-state index is 0.0210. The molecule has 0 aliphatic heterocycles. The summed E-state index contributed by atoms with van der Waals surface area (Å²) in [5, 5.41) is 8.82. The first-order chi connectivity index (χ1) is 17.4. The van der Waals surface area contributed by atoms with Crippen LogP contribution >= 0.6 is 11.6 Å². The average molecular weight is 504 g/mol. The van der Waals surface area contributed by atoms with Crippen LogP contribution in [0.25, 0.3) is 22.0 Å². The summed E-state index contributed by atoms with van der Waals surface area (Å²) in [6.45, 7) is 2.89. The van der Waals surface area contributed by atoms with Crippen LogP contribution in [-0.4, -0.2) is 63.7 Å². The molecule has 1 amide bonds. The van der Waals surface area contributed by atoms with Crippen LogP contribution in [0, 0.1) is 0 Å². The Labute approximate surface area is 216 Å². The second-order valence-corrected chi connectivity index (χ2v) is 9.90. The van der Waals surface area contributed by atoms with Crippen LogP contribution in [0.4, 0.5) is 0 Å². The molecule has 1 N–H and O–H groups in total. The number of halogens is 1. The van der Waals surface area contributed by atoms with Crippen LogP contribution in [0.1, 0.15) is 35.7 Å². The summed E-state index contributed by atoms with van der Waals surface area (Å²) < 4.78 is 5.97. The number of nitrogens with zero attached hydrogens (tertiary/aromatic N) is 4. The summed E-state index contributed by atoms with van der Waals surface area (Å²) in [4.78, 5) is 22.6. The molecule has 1 aliphatic carbocycles. The van der Waals surface area contributed by atoms with Crippen molar-refractivity contribution in [3.63, 3.8) is 0 Å². The number of H-pyrrole nitrogens is 1. The average Bonchev–Trinajstić information content (AvgIpc) is 3.32. The van der Waals surface area contributed by atoms with Crippen molar-refractivity contribution in [2.75, 3.05) is 20.7 Å². The highest BCUT2D eigenvalue weighted by Gasteiger charge is 2.37. The van der Waals surface area contributed by atoms with Crippen LogP contribution in [0.2, 0.25) is 5.02 Å². The number of hydrogen-bond acceptors (Lipinski definition) is 5. The number of benzene rings is 2. The van der Waals surface area contributed by atoms with E-state index < -0.39 is 0 Å². The van der Waals surface area contributed by atoms with Gasteiger partial charge in [0.15, 0.2) is 0 Å². The first kappa shape index (κ1) is 24.3. The number of pyridine rings is 1. The number of hydrogen-bond donors (Lipinski definition) is 1. The molecule has 0 saturated heterocycles. The molecule has 0 bridgehead atoms. The number of aromatic amines is 1. The van der Waals surface area contributed by atoms with Crippen LogP contribution in [-0.2, 0) is 6.54 Å². The number of fused-ring (bicyclic) bond motifs is 1. The molecule has 2 heterocycles. The maximum absolute atomic E-state index is 14.0. The molecule has 2 aromatic carbocycles. The number of ether oxygens (including phenoxy) is 1. The second kappa shape index (κ2) is 10.3. The first-order valence-corrected chi connectivity index (χ1v) is 12.6. The SMILES string of the molecule is CCOc1cc(C(=O)N(Cc2cncc3cn[nH]c23)C2CC(N(C)C)C2)ccc1-c1cccc(Cl)c1. The molecule has 2 aromatic heterocycles. The summed E-state index contributed by atoms with van der Waals surface area (Å²) >= 11 is 6.23. The number of amides is 1. The maximum Gasteiger partial charge on any atom is 0.254 e. The topological polar surface area (TPSA) is 74.3 Å². The summed E-state index contributed by atoms with van der Waals surface area (Å²) in [7, 11) is 4.18. The van der Waals surface area contributed by atoms with Gasteiger partial charge < -0.3 is 14.5 Å². The fraction of sp³-hybridized carbons (Fsp3) is 0.321. The number of carbonyl (C=O) groups is 1. The molecule has 0 spiro atoms. The van der Waals surface area contributed by atoms with Crippen molar-refractivity contribution in [3.8, 4) is 16.9 Å². The first-order valence-electron chi connectivity index (χ1n) is 12.2. The van der Waals surface area contributed by atoms with Gasteiger partial charge in [-0.1, -0.05) is 23.7 Å². The molecule has 1 fully saturated rings. The highest BCUT2D eigenvalue weighted by Crippen LogP contribution is 2.35. The van der Waals surface area contributed by atoms with E-state index in [0.29, 0.717) is 35.5 Å². The third kappa shape index (κ3) is 4.81. The smallest absolute Gasteiger partial charge is 0.254 e. The predicted octanol–water partition coefficient (Wildman–Crippen LogP) is 5.41. The van der Waals surface area contributed by atoms with Gasteiger partial charge in [0, 0.05) is 58.1 Å². The van der Waals surface area contributed by atoms with Gasteiger partial charge in [-0.3, -0.25) is 14.9 Å². The quantitative estimate of drug-likeness (QED) is 0.348. The van der Waals surface area contributed by atoms with Crippen molar-refractivity contribution in [2.24, 2.45) is 0 Å². The van der Waals surface area contributed by atoms with E-state index in [4.69, 9.17) is 16.3 Å². The molecule has 0 atom stereocenters. The highest BCUT2D eigenvalue weighted by molar-refractivity contribution is 6.30. The van der Waals surface area contributed by atoms with Gasteiger partial charge in [-0.25, -0.2) is 0 Å². The van der Waals surface area contributed by atoms with E-state index in [1.54, 1.807) is 12.4 Å². The lowest BCUT2D eigenvalue weighted by Crippen LogP contribution is -2.53. The molecule has 7 nitrogen and oxygen atoms in total. The summed E-state index contributed by atoms with van der Waals surface area (Å²) in [6.07, 6.45) is 7.22. The van der Waals surface area contributed by atoms with Crippen LogP contribution in [0.5, 0.6) is 5.75 Å². The lowest BCUT2D eigenvalue weighted by atomic mass is 9.84. The Morgan fingerprint density at radius 3 is 2.69 bits per heavy atom. The summed E-state index contributed by atoms with van der Waals surface area (Å²) in [5.74, 6) is 0.648. The molecular formula is C28H30ClN5O2. The number of nitrogens with one attached hydrogen (secondary N) is 1. The fourth-order valence-corrected chi connectivity index (χ4v) is 5.01. The zero-order valence-electron chi connectivity index (χ0n) is 20.7. The molecule has 1 saturated carbocycles. The number of carbonyl (C=O) groups excluding carboxylic acids is 1. The van der Waals surface area contributed by atoms with Crippen molar-refractivity contribution < 1.29 is 9.53 Å². The fourth-order valence-electron chi connectivity index (χ4n) is 4.82. The second-order valence-electron chi connectivity index (χ2n) is 9.46. The Hall–Kier alpha value is -3.42. The van der Waals surface area contributed by atoms with E-state index in [9.17, 15) is 4.79 Å². The van der Waals surface area contributed by atoms with E-state index in [2.05, 4.69) is 34.2 Å². The molecule has 0 unspecified atom stereocenters. The Morgan fingerprint density at radius 2 is 1.94 bits per heavy atom. The van der Waals surface area contributed by atoms with Gasteiger partial charge >= 0.3 is 0 Å².